The Hall–Kier alpha value is -1.59. The van der Waals surface area contributed by atoms with E-state index < -0.39 is 6.10 Å². The summed E-state index contributed by atoms with van der Waals surface area (Å²) in [5.41, 5.74) is 2.14. The van der Waals surface area contributed by atoms with Gasteiger partial charge in [0.15, 0.2) is 0 Å². The standard InChI is InChI=1S/C19H20ClNO2S/c1-23-16-5-6-19-17(10-16)14(12-24-19)7-8-21-11-18(22)13-3-2-4-15(20)9-13/h2-6,9-10,12,18,21-22H,7-8,11H2,1H3. The van der Waals surface area contributed by atoms with Gasteiger partial charge >= 0.3 is 0 Å². The predicted octanol–water partition coefficient (Wildman–Crippen LogP) is 4.43. The molecule has 3 nitrogen and oxygen atoms in total. The van der Waals surface area contributed by atoms with Gasteiger partial charge in [0, 0.05) is 16.3 Å². The molecule has 0 spiro atoms. The number of halogens is 1. The Morgan fingerprint density at radius 3 is 2.92 bits per heavy atom. The van der Waals surface area contributed by atoms with Crippen molar-refractivity contribution in [1.29, 1.82) is 0 Å². The highest BCUT2D eigenvalue weighted by Gasteiger charge is 2.08. The largest absolute Gasteiger partial charge is 0.497 e. The Bertz CT molecular complexity index is 818. The lowest BCUT2D eigenvalue weighted by Crippen LogP contribution is -2.23. The summed E-state index contributed by atoms with van der Waals surface area (Å²) in [5, 5.41) is 17.6. The Morgan fingerprint density at radius 2 is 2.12 bits per heavy atom. The minimum Gasteiger partial charge on any atom is -0.497 e. The minimum absolute atomic E-state index is 0.506. The number of benzene rings is 2. The first-order valence-corrected chi connectivity index (χ1v) is 9.11. The molecule has 0 bridgehead atoms. The van der Waals surface area contributed by atoms with Gasteiger partial charge in [0.05, 0.1) is 13.2 Å². The van der Waals surface area contributed by atoms with Crippen LogP contribution in [0.5, 0.6) is 5.75 Å². The highest BCUT2D eigenvalue weighted by atomic mass is 35.5. The van der Waals surface area contributed by atoms with Crippen LogP contribution in [0.15, 0.2) is 47.8 Å². The highest BCUT2D eigenvalue weighted by molar-refractivity contribution is 7.17. The Balaban J connectivity index is 1.55. The number of fused-ring (bicyclic) bond motifs is 1. The van der Waals surface area contributed by atoms with Gasteiger partial charge in [-0.3, -0.25) is 0 Å². The third kappa shape index (κ3) is 4.08. The van der Waals surface area contributed by atoms with Crippen LogP contribution in [-0.2, 0) is 6.42 Å². The van der Waals surface area contributed by atoms with Gasteiger partial charge in [-0.2, -0.15) is 0 Å². The molecule has 5 heteroatoms. The molecule has 3 aromatic rings. The lowest BCUT2D eigenvalue weighted by molar-refractivity contribution is 0.175. The fourth-order valence-corrected chi connectivity index (χ4v) is 3.85. The molecule has 24 heavy (non-hydrogen) atoms. The molecule has 1 atom stereocenters. The van der Waals surface area contributed by atoms with Gasteiger partial charge in [-0.15, -0.1) is 11.3 Å². The van der Waals surface area contributed by atoms with Crippen molar-refractivity contribution >= 4 is 33.0 Å². The van der Waals surface area contributed by atoms with E-state index in [0.29, 0.717) is 11.6 Å². The quantitative estimate of drug-likeness (QED) is 0.612. The van der Waals surface area contributed by atoms with Crippen molar-refractivity contribution in [1.82, 2.24) is 5.32 Å². The highest BCUT2D eigenvalue weighted by Crippen LogP contribution is 2.29. The van der Waals surface area contributed by atoms with Gasteiger partial charge in [0.2, 0.25) is 0 Å². The molecule has 0 fully saturated rings. The van der Waals surface area contributed by atoms with E-state index in [0.717, 1.165) is 24.3 Å². The van der Waals surface area contributed by atoms with Gasteiger partial charge in [0.25, 0.3) is 0 Å². The van der Waals surface area contributed by atoms with Crippen LogP contribution in [-0.4, -0.2) is 25.3 Å². The zero-order valence-corrected chi connectivity index (χ0v) is 15.0. The van der Waals surface area contributed by atoms with Crippen LogP contribution in [0.1, 0.15) is 17.2 Å². The minimum atomic E-state index is -0.553. The molecule has 1 aromatic heterocycles. The Kier molecular flexibility index (Phi) is 5.74. The van der Waals surface area contributed by atoms with Crippen LogP contribution < -0.4 is 10.1 Å². The molecule has 0 aliphatic rings. The van der Waals surface area contributed by atoms with Crippen LogP contribution in [0.25, 0.3) is 10.1 Å². The summed E-state index contributed by atoms with van der Waals surface area (Å²) < 4.78 is 6.58. The number of hydrogen-bond donors (Lipinski definition) is 2. The van der Waals surface area contributed by atoms with E-state index in [9.17, 15) is 5.11 Å². The normalized spacial score (nSPS) is 12.5. The fourth-order valence-electron chi connectivity index (χ4n) is 2.68. The van der Waals surface area contributed by atoms with Gasteiger partial charge in [-0.1, -0.05) is 23.7 Å². The molecule has 126 valence electrons. The second-order valence-corrected chi connectivity index (χ2v) is 7.00. The van der Waals surface area contributed by atoms with Crippen molar-refractivity contribution in [2.75, 3.05) is 20.2 Å². The molecule has 0 aliphatic heterocycles. The summed E-state index contributed by atoms with van der Waals surface area (Å²) in [7, 11) is 1.69. The molecule has 0 aliphatic carbocycles. The molecule has 2 aromatic carbocycles. The molecular formula is C19H20ClNO2S. The first kappa shape index (κ1) is 17.2. The number of methoxy groups -OCH3 is 1. The van der Waals surface area contributed by atoms with Crippen molar-refractivity contribution in [3.8, 4) is 5.75 Å². The predicted molar refractivity (Wildman–Crippen MR) is 101 cm³/mol. The van der Waals surface area contributed by atoms with Crippen molar-refractivity contribution < 1.29 is 9.84 Å². The van der Waals surface area contributed by atoms with Crippen molar-refractivity contribution in [2.24, 2.45) is 0 Å². The van der Waals surface area contributed by atoms with Crippen molar-refractivity contribution in [3.63, 3.8) is 0 Å². The van der Waals surface area contributed by atoms with Gasteiger partial charge in [0.1, 0.15) is 5.75 Å². The summed E-state index contributed by atoms with van der Waals surface area (Å²) in [4.78, 5) is 0. The molecule has 2 N–H and O–H groups in total. The number of aliphatic hydroxyl groups is 1. The maximum absolute atomic E-state index is 10.2. The average molecular weight is 362 g/mol. The zero-order valence-electron chi connectivity index (χ0n) is 13.5. The first-order valence-electron chi connectivity index (χ1n) is 7.86. The summed E-state index contributed by atoms with van der Waals surface area (Å²) in [6.07, 6.45) is 0.359. The third-order valence-electron chi connectivity index (χ3n) is 4.00. The van der Waals surface area contributed by atoms with Crippen LogP contribution in [0, 0.1) is 0 Å². The number of nitrogens with one attached hydrogen (secondary N) is 1. The van der Waals surface area contributed by atoms with E-state index in [2.05, 4.69) is 22.8 Å². The number of aliphatic hydroxyl groups excluding tert-OH is 1. The number of hydrogen-bond acceptors (Lipinski definition) is 4. The SMILES string of the molecule is COc1ccc2scc(CCNCC(O)c3cccc(Cl)c3)c2c1. The average Bonchev–Trinajstić information content (AvgIpc) is 3.00. The fraction of sp³-hybridized carbons (Fsp3) is 0.263. The number of ether oxygens (including phenoxy) is 1. The topological polar surface area (TPSA) is 41.5 Å². The molecule has 0 saturated heterocycles. The summed E-state index contributed by atoms with van der Waals surface area (Å²) in [5.74, 6) is 0.881. The third-order valence-corrected chi connectivity index (χ3v) is 5.25. The molecule has 1 unspecified atom stereocenters. The lowest BCUT2D eigenvalue weighted by Gasteiger charge is -2.12. The second kappa shape index (κ2) is 7.99. The first-order chi connectivity index (χ1) is 11.7. The number of rotatable bonds is 7. The molecular weight excluding hydrogens is 342 g/mol. The Morgan fingerprint density at radius 1 is 1.25 bits per heavy atom. The summed E-state index contributed by atoms with van der Waals surface area (Å²) >= 11 is 7.71. The van der Waals surface area contributed by atoms with E-state index in [1.807, 2.05) is 18.2 Å². The smallest absolute Gasteiger partial charge is 0.119 e. The number of thiophene rings is 1. The second-order valence-electron chi connectivity index (χ2n) is 5.65. The van der Waals surface area contributed by atoms with Gasteiger partial charge in [-0.25, -0.2) is 0 Å². The van der Waals surface area contributed by atoms with Crippen LogP contribution in [0.2, 0.25) is 5.02 Å². The van der Waals surface area contributed by atoms with Crippen LogP contribution in [0.4, 0.5) is 0 Å². The van der Waals surface area contributed by atoms with Crippen molar-refractivity contribution in [2.45, 2.75) is 12.5 Å². The summed E-state index contributed by atoms with van der Waals surface area (Å²) in [6, 6.07) is 13.5. The summed E-state index contributed by atoms with van der Waals surface area (Å²) in [6.45, 7) is 1.31. The molecule has 0 amide bonds. The maximum atomic E-state index is 10.2. The lowest BCUT2D eigenvalue weighted by atomic mass is 10.1. The van der Waals surface area contributed by atoms with Gasteiger partial charge < -0.3 is 15.2 Å². The monoisotopic (exact) mass is 361 g/mol. The van der Waals surface area contributed by atoms with Crippen molar-refractivity contribution in [3.05, 3.63) is 64.0 Å². The van der Waals surface area contributed by atoms with Crippen LogP contribution >= 0.6 is 22.9 Å². The maximum Gasteiger partial charge on any atom is 0.119 e. The van der Waals surface area contributed by atoms with Crippen LogP contribution in [0.3, 0.4) is 0 Å². The zero-order chi connectivity index (χ0) is 16.9. The molecule has 1 heterocycles. The molecule has 0 saturated carbocycles. The molecule has 0 radical (unpaired) electrons. The van der Waals surface area contributed by atoms with E-state index in [4.69, 9.17) is 16.3 Å². The van der Waals surface area contributed by atoms with Gasteiger partial charge in [-0.05, 0) is 65.2 Å². The van der Waals surface area contributed by atoms with E-state index in [1.165, 1.54) is 15.6 Å². The van der Waals surface area contributed by atoms with E-state index in [-0.39, 0.29) is 0 Å². The van der Waals surface area contributed by atoms with E-state index in [1.54, 1.807) is 30.6 Å². The molecule has 3 rings (SSSR count). The van der Waals surface area contributed by atoms with E-state index >= 15 is 0 Å². The Labute approximate surface area is 150 Å².